The van der Waals surface area contributed by atoms with E-state index < -0.39 is 23.9 Å². The van der Waals surface area contributed by atoms with Crippen LogP contribution in [0.4, 0.5) is 0 Å². The lowest BCUT2D eigenvalue weighted by Gasteiger charge is -2.13. The highest BCUT2D eigenvalue weighted by molar-refractivity contribution is 5.83. The summed E-state index contributed by atoms with van der Waals surface area (Å²) in [6.07, 6.45) is 6.69. The minimum atomic E-state index is -1.23. The molecule has 0 spiro atoms. The van der Waals surface area contributed by atoms with Gasteiger partial charge in [0.25, 0.3) is 0 Å². The second kappa shape index (κ2) is 9.05. The fourth-order valence-electron chi connectivity index (χ4n) is 1.30. The van der Waals surface area contributed by atoms with Crippen LogP contribution in [0, 0.1) is 12.3 Å². The first-order valence-electron chi connectivity index (χ1n) is 5.64. The number of amides is 1. The molecule has 0 fully saturated rings. The maximum atomic E-state index is 11.4. The van der Waals surface area contributed by atoms with E-state index in [2.05, 4.69) is 11.2 Å². The van der Waals surface area contributed by atoms with Crippen molar-refractivity contribution in [2.75, 3.05) is 0 Å². The van der Waals surface area contributed by atoms with Crippen LogP contribution in [0.1, 0.15) is 38.5 Å². The average molecular weight is 255 g/mol. The van der Waals surface area contributed by atoms with Crippen molar-refractivity contribution in [1.82, 2.24) is 5.32 Å². The van der Waals surface area contributed by atoms with Gasteiger partial charge in [-0.1, -0.05) is 0 Å². The van der Waals surface area contributed by atoms with Crippen LogP contribution in [0.25, 0.3) is 0 Å². The smallest absolute Gasteiger partial charge is 0.326 e. The highest BCUT2D eigenvalue weighted by Crippen LogP contribution is 2.02. The van der Waals surface area contributed by atoms with Gasteiger partial charge in [-0.05, 0) is 19.3 Å². The van der Waals surface area contributed by atoms with Gasteiger partial charge in [0.05, 0.1) is 0 Å². The molecular formula is C12H17NO5. The van der Waals surface area contributed by atoms with Gasteiger partial charge in [0.15, 0.2) is 0 Å². The molecule has 6 nitrogen and oxygen atoms in total. The predicted molar refractivity (Wildman–Crippen MR) is 63.7 cm³/mol. The predicted octanol–water partition coefficient (Wildman–Crippen LogP) is 0.614. The van der Waals surface area contributed by atoms with Crippen molar-refractivity contribution in [3.05, 3.63) is 0 Å². The molecule has 0 aromatic heterocycles. The Hall–Kier alpha value is -2.03. The number of nitrogens with one attached hydrogen (secondary N) is 1. The van der Waals surface area contributed by atoms with Crippen molar-refractivity contribution in [3.8, 4) is 12.3 Å². The molecule has 0 aliphatic heterocycles. The maximum absolute atomic E-state index is 11.4. The van der Waals surface area contributed by atoms with E-state index in [0.717, 1.165) is 0 Å². The van der Waals surface area contributed by atoms with Gasteiger partial charge in [0.2, 0.25) is 5.91 Å². The normalized spacial score (nSPS) is 11.3. The molecule has 0 heterocycles. The summed E-state index contributed by atoms with van der Waals surface area (Å²) >= 11 is 0. The molecule has 0 aliphatic rings. The van der Waals surface area contributed by atoms with Crippen LogP contribution in [0.5, 0.6) is 0 Å². The molecule has 1 amide bonds. The van der Waals surface area contributed by atoms with Crippen molar-refractivity contribution < 1.29 is 24.6 Å². The lowest BCUT2D eigenvalue weighted by molar-refractivity contribution is -0.143. The van der Waals surface area contributed by atoms with E-state index in [4.69, 9.17) is 16.6 Å². The third-order valence-electron chi connectivity index (χ3n) is 2.26. The quantitative estimate of drug-likeness (QED) is 0.414. The number of terminal acetylenes is 1. The zero-order valence-electron chi connectivity index (χ0n) is 10.0. The molecule has 0 aromatic rings. The Labute approximate surface area is 105 Å². The van der Waals surface area contributed by atoms with E-state index >= 15 is 0 Å². The Balaban J connectivity index is 4.00. The highest BCUT2D eigenvalue weighted by Gasteiger charge is 2.20. The van der Waals surface area contributed by atoms with Gasteiger partial charge in [-0.25, -0.2) is 4.79 Å². The Kier molecular flexibility index (Phi) is 8.03. The zero-order chi connectivity index (χ0) is 14.0. The van der Waals surface area contributed by atoms with Crippen LogP contribution in [0.3, 0.4) is 0 Å². The van der Waals surface area contributed by atoms with Gasteiger partial charge in [-0.2, -0.15) is 0 Å². The van der Waals surface area contributed by atoms with E-state index in [-0.39, 0.29) is 19.3 Å². The molecule has 1 atom stereocenters. The van der Waals surface area contributed by atoms with Gasteiger partial charge in [0.1, 0.15) is 6.04 Å². The number of carboxylic acids is 2. The number of hydrogen-bond acceptors (Lipinski definition) is 3. The molecular weight excluding hydrogens is 238 g/mol. The van der Waals surface area contributed by atoms with Gasteiger partial charge in [0, 0.05) is 19.3 Å². The Morgan fingerprint density at radius 3 is 2.33 bits per heavy atom. The number of aliphatic carboxylic acids is 2. The lowest BCUT2D eigenvalue weighted by Crippen LogP contribution is -2.41. The van der Waals surface area contributed by atoms with Crippen molar-refractivity contribution in [2.24, 2.45) is 0 Å². The minimum Gasteiger partial charge on any atom is -0.481 e. The first-order chi connectivity index (χ1) is 8.47. The fraction of sp³-hybridized carbons (Fsp3) is 0.583. The number of carbonyl (C=O) groups excluding carboxylic acids is 1. The second-order valence-corrected chi connectivity index (χ2v) is 3.80. The summed E-state index contributed by atoms with van der Waals surface area (Å²) in [6, 6.07) is -1.15. The van der Waals surface area contributed by atoms with Crippen LogP contribution in [0.2, 0.25) is 0 Å². The standard InChI is InChI=1S/C12H17NO5/c1-2-3-4-5-6-10(14)13-9(12(17)18)7-8-11(15)16/h1,9H,3-8H2,(H,13,14)(H,15,16)(H,17,18). The molecule has 100 valence electrons. The molecule has 0 aliphatic carbocycles. The van der Waals surface area contributed by atoms with E-state index in [9.17, 15) is 14.4 Å². The highest BCUT2D eigenvalue weighted by atomic mass is 16.4. The number of hydrogen-bond donors (Lipinski definition) is 3. The molecule has 0 bridgehead atoms. The first kappa shape index (κ1) is 16.0. The van der Waals surface area contributed by atoms with E-state index in [0.29, 0.717) is 19.3 Å². The van der Waals surface area contributed by atoms with Crippen LogP contribution < -0.4 is 5.32 Å². The number of carboxylic acid groups (broad SMARTS) is 2. The molecule has 0 saturated heterocycles. The van der Waals surface area contributed by atoms with Crippen LogP contribution in [0.15, 0.2) is 0 Å². The topological polar surface area (TPSA) is 104 Å². The molecule has 1 unspecified atom stereocenters. The van der Waals surface area contributed by atoms with Crippen LogP contribution in [-0.2, 0) is 14.4 Å². The third-order valence-corrected chi connectivity index (χ3v) is 2.26. The molecule has 6 heteroatoms. The summed E-state index contributed by atoms with van der Waals surface area (Å²) in [7, 11) is 0. The monoisotopic (exact) mass is 255 g/mol. The second-order valence-electron chi connectivity index (χ2n) is 3.80. The summed E-state index contributed by atoms with van der Waals surface area (Å²) in [5, 5.41) is 19.6. The van der Waals surface area contributed by atoms with Crippen molar-refractivity contribution >= 4 is 17.8 Å². The molecule has 18 heavy (non-hydrogen) atoms. The molecule has 0 radical (unpaired) electrons. The SMILES string of the molecule is C#CCCCCC(=O)NC(CCC(=O)O)C(=O)O. The summed E-state index contributed by atoms with van der Waals surface area (Å²) in [6.45, 7) is 0. The zero-order valence-corrected chi connectivity index (χ0v) is 10.0. The van der Waals surface area contributed by atoms with Gasteiger partial charge < -0.3 is 15.5 Å². The van der Waals surface area contributed by atoms with E-state index in [1.165, 1.54) is 0 Å². The average Bonchev–Trinajstić information content (AvgIpc) is 2.29. The Morgan fingerprint density at radius 1 is 1.17 bits per heavy atom. The van der Waals surface area contributed by atoms with Crippen molar-refractivity contribution in [2.45, 2.75) is 44.6 Å². The van der Waals surface area contributed by atoms with Crippen LogP contribution >= 0.6 is 0 Å². The number of carbonyl (C=O) groups is 3. The van der Waals surface area contributed by atoms with Crippen molar-refractivity contribution in [1.29, 1.82) is 0 Å². The van der Waals surface area contributed by atoms with Gasteiger partial charge in [-0.15, -0.1) is 12.3 Å². The van der Waals surface area contributed by atoms with E-state index in [1.54, 1.807) is 0 Å². The van der Waals surface area contributed by atoms with Crippen molar-refractivity contribution in [3.63, 3.8) is 0 Å². The molecule has 0 rings (SSSR count). The largest absolute Gasteiger partial charge is 0.481 e. The summed E-state index contributed by atoms with van der Waals surface area (Å²) in [5.41, 5.74) is 0. The number of unbranched alkanes of at least 4 members (excludes halogenated alkanes) is 2. The van der Waals surface area contributed by atoms with Gasteiger partial charge >= 0.3 is 11.9 Å². The molecule has 0 saturated carbocycles. The molecule has 3 N–H and O–H groups in total. The first-order valence-corrected chi connectivity index (χ1v) is 5.64. The minimum absolute atomic E-state index is 0.124. The van der Waals surface area contributed by atoms with E-state index in [1.807, 2.05) is 0 Å². The fourth-order valence-corrected chi connectivity index (χ4v) is 1.30. The van der Waals surface area contributed by atoms with Gasteiger partial charge in [-0.3, -0.25) is 9.59 Å². The summed E-state index contributed by atoms with van der Waals surface area (Å²) in [5.74, 6) is -0.278. The number of rotatable bonds is 9. The maximum Gasteiger partial charge on any atom is 0.326 e. The summed E-state index contributed by atoms with van der Waals surface area (Å²) in [4.78, 5) is 32.5. The molecule has 0 aromatic carbocycles. The third kappa shape index (κ3) is 8.16. The Morgan fingerprint density at radius 2 is 1.83 bits per heavy atom. The lowest BCUT2D eigenvalue weighted by atomic mass is 10.1. The van der Waals surface area contributed by atoms with Crippen LogP contribution in [-0.4, -0.2) is 34.1 Å². The summed E-state index contributed by atoms with van der Waals surface area (Å²) < 4.78 is 0. The Bertz CT molecular complexity index is 345.